The number of benzene rings is 3. The van der Waals surface area contributed by atoms with Crippen molar-refractivity contribution < 1.29 is 14.7 Å². The van der Waals surface area contributed by atoms with Crippen molar-refractivity contribution in [2.24, 2.45) is 7.05 Å². The number of hydrogen-bond donors (Lipinski definition) is 1. The van der Waals surface area contributed by atoms with E-state index in [0.717, 1.165) is 22.0 Å². The molecule has 5 rings (SSSR count). The number of amides is 1. The second-order valence-electron chi connectivity index (χ2n) is 8.22. The number of carbonyl (C=O) groups excluding carboxylic acids is 2. The number of aliphatic hydroxyl groups excluding tert-OH is 1. The molecule has 3 aromatic carbocycles. The van der Waals surface area contributed by atoms with E-state index < -0.39 is 17.7 Å². The van der Waals surface area contributed by atoms with Crippen LogP contribution in [0.15, 0.2) is 84.6 Å². The van der Waals surface area contributed by atoms with Crippen molar-refractivity contribution >= 4 is 45.6 Å². The van der Waals surface area contributed by atoms with Crippen molar-refractivity contribution in [1.29, 1.82) is 0 Å². The van der Waals surface area contributed by atoms with E-state index in [0.29, 0.717) is 16.3 Å². The maximum absolute atomic E-state index is 13.3. The lowest BCUT2D eigenvalue weighted by Gasteiger charge is -2.25. The van der Waals surface area contributed by atoms with Crippen molar-refractivity contribution in [3.8, 4) is 0 Å². The van der Waals surface area contributed by atoms with Crippen LogP contribution in [0.25, 0.3) is 16.7 Å². The molecular weight excluding hydrogens is 436 g/mol. The molecule has 0 bridgehead atoms. The zero-order valence-electron chi connectivity index (χ0n) is 18.1. The monoisotopic (exact) mass is 456 g/mol. The molecule has 1 atom stereocenters. The summed E-state index contributed by atoms with van der Waals surface area (Å²) in [6.07, 6.45) is 1.91. The quantitative estimate of drug-likeness (QED) is 0.242. The fourth-order valence-electron chi connectivity index (χ4n) is 4.45. The highest BCUT2D eigenvalue weighted by Crippen LogP contribution is 2.44. The molecule has 0 spiro atoms. The number of fused-ring (bicyclic) bond motifs is 1. The number of aromatic nitrogens is 1. The van der Waals surface area contributed by atoms with Gasteiger partial charge in [-0.1, -0.05) is 59.6 Å². The molecule has 0 saturated carbocycles. The fourth-order valence-corrected chi connectivity index (χ4v) is 4.58. The molecule has 5 nitrogen and oxygen atoms in total. The zero-order chi connectivity index (χ0) is 23.3. The first-order valence-electron chi connectivity index (χ1n) is 10.5. The molecule has 1 unspecified atom stereocenters. The zero-order valence-corrected chi connectivity index (χ0v) is 18.9. The standard InChI is InChI=1S/C27H21ClN2O3/c1-16-7-9-17(10-8-16)25(31)23-24(21-15-29(2)22-6-4-3-5-20(21)22)30(27(33)26(23)32)19-13-11-18(28)12-14-19/h3-15,24,31H,1-2H3/b25-23+. The molecule has 1 aliphatic heterocycles. The first-order valence-corrected chi connectivity index (χ1v) is 10.9. The summed E-state index contributed by atoms with van der Waals surface area (Å²) in [6, 6.07) is 21.0. The largest absolute Gasteiger partial charge is 0.507 e. The number of halogens is 1. The second-order valence-corrected chi connectivity index (χ2v) is 8.66. The lowest BCUT2D eigenvalue weighted by Crippen LogP contribution is -2.29. The van der Waals surface area contributed by atoms with Gasteiger partial charge in [-0.15, -0.1) is 0 Å². The molecular formula is C27H21ClN2O3. The summed E-state index contributed by atoms with van der Waals surface area (Å²) in [5.74, 6) is -1.60. The molecule has 0 aliphatic carbocycles. The Morgan fingerprint density at radius 2 is 1.61 bits per heavy atom. The number of hydrogen-bond acceptors (Lipinski definition) is 3. The van der Waals surface area contributed by atoms with E-state index in [1.54, 1.807) is 36.4 Å². The number of carbonyl (C=O) groups is 2. The number of para-hydroxylation sites is 1. The van der Waals surface area contributed by atoms with Gasteiger partial charge in [0.2, 0.25) is 0 Å². The van der Waals surface area contributed by atoms with Gasteiger partial charge in [-0.2, -0.15) is 0 Å². The van der Waals surface area contributed by atoms with Crippen LogP contribution in [0.4, 0.5) is 5.69 Å². The van der Waals surface area contributed by atoms with Crippen molar-refractivity contribution in [1.82, 2.24) is 4.57 Å². The molecule has 1 aromatic heterocycles. The summed E-state index contributed by atoms with van der Waals surface area (Å²) >= 11 is 6.07. The van der Waals surface area contributed by atoms with Gasteiger partial charge in [0, 0.05) is 46.0 Å². The van der Waals surface area contributed by atoms with Crippen LogP contribution in [0.3, 0.4) is 0 Å². The Kier molecular flexibility index (Phi) is 5.06. The normalized spacial score (nSPS) is 17.8. The lowest BCUT2D eigenvalue weighted by atomic mass is 9.94. The van der Waals surface area contributed by atoms with Gasteiger partial charge >= 0.3 is 0 Å². The highest BCUT2D eigenvalue weighted by molar-refractivity contribution is 6.52. The average Bonchev–Trinajstić information content (AvgIpc) is 3.28. The Labute approximate surface area is 196 Å². The van der Waals surface area contributed by atoms with Crippen LogP contribution >= 0.6 is 11.6 Å². The Morgan fingerprint density at radius 3 is 2.30 bits per heavy atom. The molecule has 33 heavy (non-hydrogen) atoms. The molecule has 2 heterocycles. The highest BCUT2D eigenvalue weighted by Gasteiger charge is 2.47. The van der Waals surface area contributed by atoms with Crippen molar-refractivity contribution in [3.05, 3.63) is 106 Å². The molecule has 164 valence electrons. The van der Waals surface area contributed by atoms with Gasteiger partial charge in [0.15, 0.2) is 0 Å². The molecule has 1 N–H and O–H groups in total. The van der Waals surface area contributed by atoms with E-state index in [9.17, 15) is 14.7 Å². The number of Topliss-reactive ketones (excluding diaryl/α,β-unsaturated/α-hetero) is 1. The molecule has 1 saturated heterocycles. The van der Waals surface area contributed by atoms with E-state index in [1.165, 1.54) is 4.90 Å². The summed E-state index contributed by atoms with van der Waals surface area (Å²) in [6.45, 7) is 1.94. The first-order chi connectivity index (χ1) is 15.9. The molecule has 1 fully saturated rings. The average molecular weight is 457 g/mol. The minimum absolute atomic E-state index is 0.0650. The smallest absolute Gasteiger partial charge is 0.300 e. The summed E-state index contributed by atoms with van der Waals surface area (Å²) in [4.78, 5) is 28.1. The molecule has 4 aromatic rings. The summed E-state index contributed by atoms with van der Waals surface area (Å²) in [5, 5.41) is 12.7. The van der Waals surface area contributed by atoms with Gasteiger partial charge in [-0.05, 0) is 37.3 Å². The number of anilines is 1. The molecule has 6 heteroatoms. The van der Waals surface area contributed by atoms with Crippen molar-refractivity contribution in [2.45, 2.75) is 13.0 Å². The van der Waals surface area contributed by atoms with Crippen LogP contribution < -0.4 is 4.90 Å². The van der Waals surface area contributed by atoms with Gasteiger partial charge in [0.25, 0.3) is 11.7 Å². The maximum atomic E-state index is 13.3. The van der Waals surface area contributed by atoms with Gasteiger partial charge in [0.1, 0.15) is 5.76 Å². The first kappa shape index (κ1) is 21.0. The predicted molar refractivity (Wildman–Crippen MR) is 130 cm³/mol. The van der Waals surface area contributed by atoms with Gasteiger partial charge in [-0.3, -0.25) is 14.5 Å². The highest BCUT2D eigenvalue weighted by atomic mass is 35.5. The van der Waals surface area contributed by atoms with Crippen LogP contribution in [0.5, 0.6) is 0 Å². The minimum atomic E-state index is -0.793. The van der Waals surface area contributed by atoms with Crippen LogP contribution in [0.2, 0.25) is 5.02 Å². The van der Waals surface area contributed by atoms with E-state index in [1.807, 2.05) is 61.1 Å². The second kappa shape index (κ2) is 7.94. The van der Waals surface area contributed by atoms with Crippen LogP contribution in [0, 0.1) is 6.92 Å². The fraction of sp³-hybridized carbons (Fsp3) is 0.111. The predicted octanol–water partition coefficient (Wildman–Crippen LogP) is 5.77. The van der Waals surface area contributed by atoms with Crippen LogP contribution in [-0.4, -0.2) is 21.4 Å². The molecule has 1 aliphatic rings. The van der Waals surface area contributed by atoms with E-state index >= 15 is 0 Å². The molecule has 0 radical (unpaired) electrons. The van der Waals surface area contributed by atoms with E-state index in [2.05, 4.69) is 0 Å². The number of nitrogens with zero attached hydrogens (tertiary/aromatic N) is 2. The van der Waals surface area contributed by atoms with Gasteiger partial charge < -0.3 is 9.67 Å². The van der Waals surface area contributed by atoms with E-state index in [-0.39, 0.29) is 11.3 Å². The van der Waals surface area contributed by atoms with Gasteiger partial charge in [-0.25, -0.2) is 0 Å². The number of ketones is 1. The van der Waals surface area contributed by atoms with Crippen molar-refractivity contribution in [2.75, 3.05) is 4.90 Å². The Morgan fingerprint density at radius 1 is 0.939 bits per heavy atom. The van der Waals surface area contributed by atoms with Gasteiger partial charge in [0.05, 0.1) is 11.6 Å². The Bertz CT molecular complexity index is 1430. The Balaban J connectivity index is 1.80. The topological polar surface area (TPSA) is 62.5 Å². The summed E-state index contributed by atoms with van der Waals surface area (Å²) in [5.41, 5.74) is 3.83. The Hall–Kier alpha value is -3.83. The number of rotatable bonds is 3. The maximum Gasteiger partial charge on any atom is 0.300 e. The third kappa shape index (κ3) is 3.41. The van der Waals surface area contributed by atoms with Crippen molar-refractivity contribution in [3.63, 3.8) is 0 Å². The van der Waals surface area contributed by atoms with Crippen LogP contribution in [0.1, 0.15) is 22.7 Å². The summed E-state index contributed by atoms with van der Waals surface area (Å²) < 4.78 is 1.96. The number of aliphatic hydroxyl groups is 1. The SMILES string of the molecule is Cc1ccc(/C(O)=C2\C(=O)C(=O)N(c3ccc(Cl)cc3)C2c2cn(C)c3ccccc23)cc1. The van der Waals surface area contributed by atoms with E-state index in [4.69, 9.17) is 11.6 Å². The number of aryl methyl sites for hydroxylation is 2. The summed E-state index contributed by atoms with van der Waals surface area (Å²) in [7, 11) is 1.92. The minimum Gasteiger partial charge on any atom is -0.507 e. The third-order valence-corrected chi connectivity index (χ3v) is 6.35. The van der Waals surface area contributed by atoms with Crippen LogP contribution in [-0.2, 0) is 16.6 Å². The molecule has 1 amide bonds. The lowest BCUT2D eigenvalue weighted by molar-refractivity contribution is -0.132. The third-order valence-electron chi connectivity index (χ3n) is 6.10.